The van der Waals surface area contributed by atoms with E-state index in [-0.39, 0.29) is 24.5 Å². The fraction of sp³-hybridized carbons (Fsp3) is 0.333. The number of benzene rings is 2. The number of imide groups is 1. The van der Waals surface area contributed by atoms with Crippen molar-refractivity contribution in [2.24, 2.45) is 5.92 Å². The van der Waals surface area contributed by atoms with Crippen LogP contribution in [-0.2, 0) is 9.53 Å². The maximum atomic E-state index is 13.0. The lowest BCUT2D eigenvalue weighted by atomic mass is 9.85. The van der Waals surface area contributed by atoms with Gasteiger partial charge in [0, 0.05) is 6.42 Å². The highest BCUT2D eigenvalue weighted by molar-refractivity contribution is 5.94. The average molecular weight is 337 g/mol. The van der Waals surface area contributed by atoms with Crippen molar-refractivity contribution < 1.29 is 14.3 Å². The molecule has 2 atom stereocenters. The van der Waals surface area contributed by atoms with Gasteiger partial charge >= 0.3 is 6.09 Å². The van der Waals surface area contributed by atoms with Crippen molar-refractivity contribution in [3.05, 3.63) is 71.8 Å². The van der Waals surface area contributed by atoms with Crippen LogP contribution in [0.2, 0.25) is 0 Å². The first-order chi connectivity index (χ1) is 12.1. The minimum absolute atomic E-state index is 0.0681. The van der Waals surface area contributed by atoms with Crippen LogP contribution in [0.15, 0.2) is 60.7 Å². The molecule has 4 heteroatoms. The SMILES string of the molecule is CC(C)C(CC(=O)N1C(=O)OC[C@H]1c1ccccc1)c1ccccc1. The molecule has 2 amide bonds. The molecule has 4 nitrogen and oxygen atoms in total. The van der Waals surface area contributed by atoms with Gasteiger partial charge in [-0.1, -0.05) is 74.5 Å². The molecule has 0 aliphatic carbocycles. The van der Waals surface area contributed by atoms with E-state index in [4.69, 9.17) is 4.74 Å². The predicted molar refractivity (Wildman–Crippen MR) is 96.0 cm³/mol. The van der Waals surface area contributed by atoms with Crippen LogP contribution in [0.4, 0.5) is 4.79 Å². The van der Waals surface area contributed by atoms with E-state index < -0.39 is 6.09 Å². The van der Waals surface area contributed by atoms with E-state index >= 15 is 0 Å². The zero-order chi connectivity index (χ0) is 17.8. The third-order valence-corrected chi connectivity index (χ3v) is 4.75. The second-order valence-corrected chi connectivity index (χ2v) is 6.73. The summed E-state index contributed by atoms with van der Waals surface area (Å²) in [6.07, 6.45) is -0.255. The van der Waals surface area contributed by atoms with Crippen LogP contribution in [0.1, 0.15) is 43.4 Å². The summed E-state index contributed by atoms with van der Waals surface area (Å²) >= 11 is 0. The molecular weight excluding hydrogens is 314 g/mol. The molecule has 0 bridgehead atoms. The van der Waals surface area contributed by atoms with Crippen LogP contribution < -0.4 is 0 Å². The quantitative estimate of drug-likeness (QED) is 0.805. The summed E-state index contributed by atoms with van der Waals surface area (Å²) in [6.45, 7) is 4.41. The van der Waals surface area contributed by atoms with E-state index in [1.54, 1.807) is 0 Å². The fourth-order valence-corrected chi connectivity index (χ4v) is 3.34. The summed E-state index contributed by atoms with van der Waals surface area (Å²) in [5.41, 5.74) is 2.04. The molecule has 1 aliphatic rings. The highest BCUT2D eigenvalue weighted by atomic mass is 16.6. The maximum absolute atomic E-state index is 13.0. The Kier molecular flexibility index (Phi) is 5.17. The van der Waals surface area contributed by atoms with Crippen molar-refractivity contribution in [3.8, 4) is 0 Å². The number of hydrogen-bond donors (Lipinski definition) is 0. The first-order valence-electron chi connectivity index (χ1n) is 8.66. The van der Waals surface area contributed by atoms with Crippen molar-refractivity contribution in [3.63, 3.8) is 0 Å². The molecule has 1 unspecified atom stereocenters. The first-order valence-corrected chi connectivity index (χ1v) is 8.66. The molecule has 2 aromatic rings. The average Bonchev–Trinajstić information content (AvgIpc) is 3.02. The van der Waals surface area contributed by atoms with Gasteiger partial charge in [-0.15, -0.1) is 0 Å². The van der Waals surface area contributed by atoms with E-state index in [0.717, 1.165) is 11.1 Å². The van der Waals surface area contributed by atoms with Gasteiger partial charge in [0.05, 0.1) is 0 Å². The molecule has 25 heavy (non-hydrogen) atoms. The Hall–Kier alpha value is -2.62. The highest BCUT2D eigenvalue weighted by Gasteiger charge is 2.39. The zero-order valence-corrected chi connectivity index (χ0v) is 14.6. The van der Waals surface area contributed by atoms with Crippen molar-refractivity contribution in [2.45, 2.75) is 32.2 Å². The van der Waals surface area contributed by atoms with Gasteiger partial charge in [-0.25, -0.2) is 9.69 Å². The Morgan fingerprint density at radius 2 is 1.68 bits per heavy atom. The molecule has 0 saturated carbocycles. The molecule has 1 fully saturated rings. The van der Waals surface area contributed by atoms with Crippen LogP contribution in [0, 0.1) is 5.92 Å². The topological polar surface area (TPSA) is 46.6 Å². The molecule has 1 heterocycles. The van der Waals surface area contributed by atoms with Crippen LogP contribution in [0.3, 0.4) is 0 Å². The van der Waals surface area contributed by atoms with Crippen molar-refractivity contribution >= 4 is 12.0 Å². The minimum atomic E-state index is -0.547. The summed E-state index contributed by atoms with van der Waals surface area (Å²) in [5.74, 6) is 0.178. The third kappa shape index (κ3) is 3.73. The van der Waals surface area contributed by atoms with Gasteiger partial charge in [0.1, 0.15) is 12.6 Å². The molecule has 0 N–H and O–H groups in total. The normalized spacial score (nSPS) is 18.3. The van der Waals surface area contributed by atoms with Gasteiger partial charge in [0.2, 0.25) is 5.91 Å². The van der Waals surface area contributed by atoms with E-state index in [0.29, 0.717) is 12.3 Å². The molecule has 0 aromatic heterocycles. The van der Waals surface area contributed by atoms with Gasteiger partial charge < -0.3 is 4.74 Å². The molecule has 3 rings (SSSR count). The lowest BCUT2D eigenvalue weighted by molar-refractivity contribution is -0.129. The number of nitrogens with zero attached hydrogens (tertiary/aromatic N) is 1. The number of cyclic esters (lactones) is 1. The Morgan fingerprint density at radius 1 is 1.08 bits per heavy atom. The number of ether oxygens (including phenoxy) is 1. The largest absolute Gasteiger partial charge is 0.446 e. The maximum Gasteiger partial charge on any atom is 0.417 e. The van der Waals surface area contributed by atoms with Gasteiger partial charge in [0.25, 0.3) is 0 Å². The van der Waals surface area contributed by atoms with E-state index in [1.165, 1.54) is 4.90 Å². The lowest BCUT2D eigenvalue weighted by Gasteiger charge is -2.25. The van der Waals surface area contributed by atoms with Crippen LogP contribution in [0.5, 0.6) is 0 Å². The summed E-state index contributed by atoms with van der Waals surface area (Å²) in [7, 11) is 0. The van der Waals surface area contributed by atoms with Crippen LogP contribution in [-0.4, -0.2) is 23.5 Å². The Morgan fingerprint density at radius 3 is 2.28 bits per heavy atom. The first kappa shape index (κ1) is 17.2. The van der Waals surface area contributed by atoms with Crippen molar-refractivity contribution in [1.82, 2.24) is 4.90 Å². The number of amides is 2. The van der Waals surface area contributed by atoms with Crippen molar-refractivity contribution in [2.75, 3.05) is 6.61 Å². The standard InChI is InChI=1S/C21H23NO3/c1-15(2)18(16-9-5-3-6-10-16)13-20(23)22-19(14-25-21(22)24)17-11-7-4-8-12-17/h3-12,15,18-19H,13-14H2,1-2H3/t18?,19-/m0/s1. The minimum Gasteiger partial charge on any atom is -0.446 e. The summed E-state index contributed by atoms with van der Waals surface area (Å²) < 4.78 is 5.17. The second kappa shape index (κ2) is 7.51. The molecule has 2 aromatic carbocycles. The summed E-state index contributed by atoms with van der Waals surface area (Å²) in [6, 6.07) is 19.2. The third-order valence-electron chi connectivity index (χ3n) is 4.75. The lowest BCUT2D eigenvalue weighted by Crippen LogP contribution is -2.35. The summed E-state index contributed by atoms with van der Waals surface area (Å²) in [4.78, 5) is 26.4. The molecule has 0 spiro atoms. The molecule has 130 valence electrons. The van der Waals surface area contributed by atoms with Gasteiger partial charge in [-0.05, 0) is 23.0 Å². The Bertz CT molecular complexity index is 727. The molecule has 0 radical (unpaired) electrons. The molecule has 1 aliphatic heterocycles. The predicted octanol–water partition coefficient (Wildman–Crippen LogP) is 4.54. The Balaban J connectivity index is 1.81. The summed E-state index contributed by atoms with van der Waals surface area (Å²) in [5, 5.41) is 0. The second-order valence-electron chi connectivity index (χ2n) is 6.73. The van der Waals surface area contributed by atoms with Crippen molar-refractivity contribution in [1.29, 1.82) is 0 Å². The number of rotatable bonds is 5. The number of carbonyl (C=O) groups is 2. The monoisotopic (exact) mass is 337 g/mol. The van der Waals surface area contributed by atoms with E-state index in [9.17, 15) is 9.59 Å². The zero-order valence-electron chi connectivity index (χ0n) is 14.6. The van der Waals surface area contributed by atoms with Gasteiger partial charge in [-0.2, -0.15) is 0 Å². The highest BCUT2D eigenvalue weighted by Crippen LogP contribution is 2.33. The molecular formula is C21H23NO3. The fourth-order valence-electron chi connectivity index (χ4n) is 3.34. The number of carbonyl (C=O) groups excluding carboxylic acids is 2. The smallest absolute Gasteiger partial charge is 0.417 e. The molecule has 1 saturated heterocycles. The van der Waals surface area contributed by atoms with Crippen LogP contribution in [0.25, 0.3) is 0 Å². The number of hydrogen-bond acceptors (Lipinski definition) is 3. The van der Waals surface area contributed by atoms with E-state index in [1.807, 2.05) is 60.7 Å². The Labute approximate surface area is 148 Å². The van der Waals surface area contributed by atoms with Gasteiger partial charge in [0.15, 0.2) is 0 Å². The van der Waals surface area contributed by atoms with Gasteiger partial charge in [-0.3, -0.25) is 4.79 Å². The van der Waals surface area contributed by atoms with Crippen LogP contribution >= 0.6 is 0 Å². The van der Waals surface area contributed by atoms with E-state index in [2.05, 4.69) is 13.8 Å².